The van der Waals surface area contributed by atoms with Gasteiger partial charge >= 0.3 is 5.97 Å². The molecule has 2 aromatic rings. The molecule has 2 aromatic carbocycles. The standard InChI is InChI=1S/C23H28O2Si/c1-2-3-7-16-26(22-8-5-4-6-9-22)17-14-20(15-18-26)19-10-12-21(13-11-19)23(24)25/h2,4-6,8-13,20H,1,3,7,14-18H2,(H,24,25). The lowest BCUT2D eigenvalue weighted by Gasteiger charge is -2.39. The lowest BCUT2D eigenvalue weighted by atomic mass is 9.93. The second-order valence-electron chi connectivity index (χ2n) is 7.53. The van der Waals surface area contributed by atoms with Crippen LogP contribution in [0.1, 0.15) is 47.5 Å². The van der Waals surface area contributed by atoms with E-state index in [1.54, 1.807) is 17.3 Å². The molecule has 0 atom stereocenters. The minimum atomic E-state index is -1.44. The Bertz CT molecular complexity index is 729. The minimum Gasteiger partial charge on any atom is -0.478 e. The van der Waals surface area contributed by atoms with Gasteiger partial charge in [-0.2, -0.15) is 0 Å². The summed E-state index contributed by atoms with van der Waals surface area (Å²) in [6.45, 7) is 3.88. The number of carboxylic acids is 1. The predicted molar refractivity (Wildman–Crippen MR) is 111 cm³/mol. The molecule has 1 fully saturated rings. The van der Waals surface area contributed by atoms with Gasteiger partial charge < -0.3 is 5.11 Å². The van der Waals surface area contributed by atoms with Crippen LogP contribution in [0.15, 0.2) is 67.3 Å². The Hall–Kier alpha value is -2.13. The van der Waals surface area contributed by atoms with Crippen LogP contribution in [-0.4, -0.2) is 19.1 Å². The molecule has 1 saturated heterocycles. The van der Waals surface area contributed by atoms with Gasteiger partial charge in [-0.25, -0.2) is 4.79 Å². The van der Waals surface area contributed by atoms with Crippen molar-refractivity contribution in [1.82, 2.24) is 0 Å². The number of allylic oxidation sites excluding steroid dienone is 1. The number of carboxylic acid groups (broad SMARTS) is 1. The molecular formula is C23H28O2Si. The van der Waals surface area contributed by atoms with Crippen LogP contribution in [0.4, 0.5) is 0 Å². The summed E-state index contributed by atoms with van der Waals surface area (Å²) in [6, 6.07) is 22.7. The summed E-state index contributed by atoms with van der Waals surface area (Å²) in [7, 11) is -1.44. The average Bonchev–Trinajstić information content (AvgIpc) is 2.69. The molecule has 0 amide bonds. The van der Waals surface area contributed by atoms with Gasteiger partial charge in [0.1, 0.15) is 0 Å². The van der Waals surface area contributed by atoms with Crippen molar-refractivity contribution >= 4 is 19.2 Å². The molecule has 26 heavy (non-hydrogen) atoms. The third-order valence-corrected chi connectivity index (χ3v) is 11.4. The molecule has 1 aliphatic rings. The molecule has 1 N–H and O–H groups in total. The van der Waals surface area contributed by atoms with Crippen molar-refractivity contribution < 1.29 is 9.90 Å². The van der Waals surface area contributed by atoms with Crippen LogP contribution < -0.4 is 5.19 Å². The van der Waals surface area contributed by atoms with Gasteiger partial charge in [-0.1, -0.05) is 78.3 Å². The third-order valence-electron chi connectivity index (χ3n) is 6.02. The summed E-state index contributed by atoms with van der Waals surface area (Å²) in [5, 5.41) is 10.7. The first-order valence-corrected chi connectivity index (χ1v) is 12.3. The van der Waals surface area contributed by atoms with Gasteiger partial charge in [0.2, 0.25) is 0 Å². The number of hydrogen-bond donors (Lipinski definition) is 1. The molecule has 0 unspecified atom stereocenters. The Morgan fingerprint density at radius 1 is 1.08 bits per heavy atom. The molecule has 0 spiro atoms. The van der Waals surface area contributed by atoms with Crippen molar-refractivity contribution in [1.29, 1.82) is 0 Å². The van der Waals surface area contributed by atoms with E-state index in [-0.39, 0.29) is 0 Å². The fraction of sp³-hybridized carbons (Fsp3) is 0.348. The van der Waals surface area contributed by atoms with Gasteiger partial charge in [0, 0.05) is 0 Å². The normalized spacial score (nSPS) is 22.7. The van der Waals surface area contributed by atoms with Crippen LogP contribution in [-0.2, 0) is 0 Å². The summed E-state index contributed by atoms with van der Waals surface area (Å²) in [4.78, 5) is 11.1. The van der Waals surface area contributed by atoms with Crippen LogP contribution in [0, 0.1) is 0 Å². The van der Waals surface area contributed by atoms with E-state index in [0.717, 1.165) is 6.42 Å². The van der Waals surface area contributed by atoms with E-state index in [1.807, 2.05) is 18.2 Å². The van der Waals surface area contributed by atoms with Gasteiger partial charge in [-0.15, -0.1) is 6.58 Å². The van der Waals surface area contributed by atoms with Crippen molar-refractivity contribution in [3.05, 3.63) is 78.4 Å². The van der Waals surface area contributed by atoms with E-state index in [0.29, 0.717) is 11.5 Å². The Morgan fingerprint density at radius 3 is 2.31 bits per heavy atom. The van der Waals surface area contributed by atoms with E-state index in [9.17, 15) is 4.79 Å². The topological polar surface area (TPSA) is 37.3 Å². The Morgan fingerprint density at radius 2 is 1.73 bits per heavy atom. The van der Waals surface area contributed by atoms with Crippen LogP contribution in [0.5, 0.6) is 0 Å². The molecule has 0 saturated carbocycles. The fourth-order valence-electron chi connectivity index (χ4n) is 4.46. The molecule has 1 aliphatic heterocycles. The smallest absolute Gasteiger partial charge is 0.335 e. The number of hydrogen-bond acceptors (Lipinski definition) is 1. The highest BCUT2D eigenvalue weighted by molar-refractivity contribution is 6.92. The lowest BCUT2D eigenvalue weighted by molar-refractivity contribution is 0.0697. The number of rotatable bonds is 7. The Kier molecular flexibility index (Phi) is 6.10. The molecule has 1 heterocycles. The molecule has 136 valence electrons. The molecule has 2 nitrogen and oxygen atoms in total. The number of carbonyl (C=O) groups is 1. The monoisotopic (exact) mass is 364 g/mol. The van der Waals surface area contributed by atoms with Crippen LogP contribution in [0.3, 0.4) is 0 Å². The number of aromatic carboxylic acids is 1. The van der Waals surface area contributed by atoms with E-state index < -0.39 is 14.0 Å². The third kappa shape index (κ3) is 4.16. The van der Waals surface area contributed by atoms with E-state index >= 15 is 0 Å². The zero-order valence-corrected chi connectivity index (χ0v) is 16.4. The number of unbranched alkanes of at least 4 members (excludes halogenated alkanes) is 1. The first-order chi connectivity index (χ1) is 12.6. The predicted octanol–water partition coefficient (Wildman–Crippen LogP) is 5.58. The number of benzene rings is 2. The summed E-state index contributed by atoms with van der Waals surface area (Å²) in [5.41, 5.74) is 1.68. The first kappa shape index (κ1) is 18.7. The molecule has 0 radical (unpaired) electrons. The average molecular weight is 365 g/mol. The SMILES string of the molecule is C=CCCC[Si]1(c2ccccc2)CCC(c2ccc(C(=O)O)cc2)CC1. The largest absolute Gasteiger partial charge is 0.478 e. The summed E-state index contributed by atoms with van der Waals surface area (Å²) < 4.78 is 0. The molecule has 3 heteroatoms. The second-order valence-corrected chi connectivity index (χ2v) is 12.2. The van der Waals surface area contributed by atoms with Gasteiger partial charge in [0.05, 0.1) is 13.6 Å². The van der Waals surface area contributed by atoms with Gasteiger partial charge in [0.15, 0.2) is 0 Å². The second kappa shape index (κ2) is 8.50. The highest BCUT2D eigenvalue weighted by atomic mass is 28.3. The molecule has 0 aliphatic carbocycles. The quantitative estimate of drug-likeness (QED) is 0.395. The summed E-state index contributed by atoms with van der Waals surface area (Å²) in [5.74, 6) is -0.278. The maximum absolute atomic E-state index is 11.1. The Labute approximate surface area is 157 Å². The van der Waals surface area contributed by atoms with Crippen molar-refractivity contribution in [2.45, 2.75) is 49.7 Å². The lowest BCUT2D eigenvalue weighted by Crippen LogP contribution is -2.49. The highest BCUT2D eigenvalue weighted by Gasteiger charge is 2.38. The zero-order chi connectivity index (χ0) is 18.4. The highest BCUT2D eigenvalue weighted by Crippen LogP contribution is 2.40. The molecule has 0 aromatic heterocycles. The van der Waals surface area contributed by atoms with Crippen LogP contribution in [0.2, 0.25) is 18.1 Å². The summed E-state index contributed by atoms with van der Waals surface area (Å²) in [6.07, 6.45) is 6.86. The zero-order valence-electron chi connectivity index (χ0n) is 15.4. The van der Waals surface area contributed by atoms with Crippen molar-refractivity contribution in [2.24, 2.45) is 0 Å². The molecule has 3 rings (SSSR count). The minimum absolute atomic E-state index is 0.377. The van der Waals surface area contributed by atoms with E-state index in [4.69, 9.17) is 5.11 Å². The van der Waals surface area contributed by atoms with Crippen molar-refractivity contribution in [3.8, 4) is 0 Å². The van der Waals surface area contributed by atoms with E-state index in [1.165, 1.54) is 43.0 Å². The van der Waals surface area contributed by atoms with E-state index in [2.05, 4.69) is 36.9 Å². The maximum atomic E-state index is 11.1. The van der Waals surface area contributed by atoms with Crippen LogP contribution >= 0.6 is 0 Å². The van der Waals surface area contributed by atoms with Crippen LogP contribution in [0.25, 0.3) is 0 Å². The van der Waals surface area contributed by atoms with Crippen molar-refractivity contribution in [3.63, 3.8) is 0 Å². The Balaban J connectivity index is 1.73. The van der Waals surface area contributed by atoms with Gasteiger partial charge in [-0.05, 0) is 42.9 Å². The first-order valence-electron chi connectivity index (χ1n) is 9.64. The molecule has 0 bridgehead atoms. The maximum Gasteiger partial charge on any atom is 0.335 e. The van der Waals surface area contributed by atoms with Gasteiger partial charge in [0.25, 0.3) is 0 Å². The summed E-state index contributed by atoms with van der Waals surface area (Å²) >= 11 is 0. The molecular weight excluding hydrogens is 336 g/mol. The fourth-order valence-corrected chi connectivity index (χ4v) is 9.66. The van der Waals surface area contributed by atoms with Crippen molar-refractivity contribution in [2.75, 3.05) is 0 Å². The van der Waals surface area contributed by atoms with Gasteiger partial charge in [-0.3, -0.25) is 0 Å².